The van der Waals surface area contributed by atoms with Crippen LogP contribution in [0.5, 0.6) is 0 Å². The molecule has 2 aromatic heterocycles. The highest BCUT2D eigenvalue weighted by Crippen LogP contribution is 2.26. The molecule has 0 fully saturated rings. The summed E-state index contributed by atoms with van der Waals surface area (Å²) in [4.78, 5) is 16.6. The number of rotatable bonds is 4. The van der Waals surface area contributed by atoms with Crippen molar-refractivity contribution in [2.45, 2.75) is 32.6 Å². The van der Waals surface area contributed by atoms with Crippen LogP contribution in [0.3, 0.4) is 0 Å². The van der Waals surface area contributed by atoms with Gasteiger partial charge in [0.15, 0.2) is 11.6 Å². The molecule has 2 heterocycles. The molecule has 0 radical (unpaired) electrons. The lowest BCUT2D eigenvalue weighted by atomic mass is 9.86. The maximum absolute atomic E-state index is 12.3. The van der Waals surface area contributed by atoms with Gasteiger partial charge >= 0.3 is 0 Å². The number of fused-ring (bicyclic) bond motifs is 1. The summed E-state index contributed by atoms with van der Waals surface area (Å²) in [6.07, 6.45) is 0.263. The molecule has 0 saturated heterocycles. The van der Waals surface area contributed by atoms with Crippen molar-refractivity contribution in [1.82, 2.24) is 15.2 Å². The summed E-state index contributed by atoms with van der Waals surface area (Å²) in [5.41, 5.74) is 3.05. The largest absolute Gasteiger partial charge is 0.453 e. The number of anilines is 1. The number of nitrogens with zero attached hydrogens (tertiary/aromatic N) is 2. The lowest BCUT2D eigenvalue weighted by molar-refractivity contribution is -0.115. The zero-order valence-corrected chi connectivity index (χ0v) is 16.1. The second-order valence-electron chi connectivity index (χ2n) is 7.83. The van der Waals surface area contributed by atoms with Gasteiger partial charge in [0.25, 0.3) is 0 Å². The Kier molecular flexibility index (Phi) is 4.47. The van der Waals surface area contributed by atoms with Gasteiger partial charge in [0.05, 0.1) is 6.42 Å². The maximum Gasteiger partial charge on any atom is 0.249 e. The number of aromatic nitrogens is 3. The van der Waals surface area contributed by atoms with E-state index in [-0.39, 0.29) is 23.7 Å². The summed E-state index contributed by atoms with van der Waals surface area (Å²) in [5, 5.41) is 10.6. The highest BCUT2D eigenvalue weighted by molar-refractivity contribution is 5.90. The number of carbonyl (C=O) groups is 1. The zero-order valence-electron chi connectivity index (χ0n) is 16.1. The van der Waals surface area contributed by atoms with Gasteiger partial charge in [-0.05, 0) is 28.7 Å². The lowest BCUT2D eigenvalue weighted by Crippen LogP contribution is -2.16. The summed E-state index contributed by atoms with van der Waals surface area (Å²) in [6.45, 7) is 6.49. The molecule has 142 valence electrons. The standard InChI is InChI=1S/C22H22N4O2/c1-22(2,3)16-10-8-14(9-11-16)12-19(27)23-21-24-20(25-26-21)18-13-15-6-4-5-7-17(15)28-18/h4-11,13H,12H2,1-3H3,(H2,23,24,25,26,27). The van der Waals surface area contributed by atoms with Crippen LogP contribution in [0, 0.1) is 0 Å². The molecule has 1 amide bonds. The molecule has 0 unspecified atom stereocenters. The second-order valence-corrected chi connectivity index (χ2v) is 7.83. The predicted molar refractivity (Wildman–Crippen MR) is 109 cm³/mol. The van der Waals surface area contributed by atoms with Crippen LogP contribution < -0.4 is 5.32 Å². The molecular formula is C22H22N4O2. The van der Waals surface area contributed by atoms with Crippen LogP contribution >= 0.6 is 0 Å². The van der Waals surface area contributed by atoms with Crippen LogP contribution in [0.1, 0.15) is 31.9 Å². The van der Waals surface area contributed by atoms with Gasteiger partial charge in [0, 0.05) is 5.39 Å². The Balaban J connectivity index is 1.42. The Morgan fingerprint density at radius 3 is 2.57 bits per heavy atom. The molecule has 0 spiro atoms. The van der Waals surface area contributed by atoms with Crippen molar-refractivity contribution in [1.29, 1.82) is 0 Å². The van der Waals surface area contributed by atoms with Gasteiger partial charge in [0.1, 0.15) is 5.58 Å². The average molecular weight is 374 g/mol. The van der Waals surface area contributed by atoms with Crippen LogP contribution in [0.25, 0.3) is 22.6 Å². The summed E-state index contributed by atoms with van der Waals surface area (Å²) in [7, 11) is 0. The molecular weight excluding hydrogens is 352 g/mol. The second kappa shape index (κ2) is 6.96. The van der Waals surface area contributed by atoms with Crippen molar-refractivity contribution in [2.24, 2.45) is 0 Å². The molecule has 6 heteroatoms. The first-order valence-electron chi connectivity index (χ1n) is 9.19. The van der Waals surface area contributed by atoms with E-state index < -0.39 is 0 Å². The number of furan rings is 1. The van der Waals surface area contributed by atoms with E-state index >= 15 is 0 Å². The van der Waals surface area contributed by atoms with Crippen molar-refractivity contribution in [3.63, 3.8) is 0 Å². The number of hydrogen-bond acceptors (Lipinski definition) is 4. The van der Waals surface area contributed by atoms with Gasteiger partial charge in [-0.2, -0.15) is 4.98 Å². The first-order valence-corrected chi connectivity index (χ1v) is 9.19. The third-order valence-corrected chi connectivity index (χ3v) is 4.58. The monoisotopic (exact) mass is 374 g/mol. The summed E-state index contributed by atoms with van der Waals surface area (Å²) in [5.74, 6) is 1.11. The number of amides is 1. The first kappa shape index (κ1) is 18.0. The predicted octanol–water partition coefficient (Wildman–Crippen LogP) is 4.70. The molecule has 2 aromatic carbocycles. The van der Waals surface area contributed by atoms with E-state index in [0.29, 0.717) is 11.6 Å². The quantitative estimate of drug-likeness (QED) is 0.542. The van der Waals surface area contributed by atoms with Crippen molar-refractivity contribution in [3.05, 3.63) is 65.7 Å². The molecule has 4 aromatic rings. The van der Waals surface area contributed by atoms with Crippen molar-refractivity contribution in [2.75, 3.05) is 5.32 Å². The van der Waals surface area contributed by atoms with Crippen LogP contribution in [0.15, 0.2) is 59.0 Å². The number of benzene rings is 2. The van der Waals surface area contributed by atoms with Crippen LogP contribution in [0.2, 0.25) is 0 Å². The summed E-state index contributed by atoms with van der Waals surface area (Å²) in [6, 6.07) is 17.7. The minimum atomic E-state index is -0.168. The SMILES string of the molecule is CC(C)(C)c1ccc(CC(=O)Nc2n[nH]c(-c3cc4ccccc4o3)n2)cc1. The molecule has 0 saturated carbocycles. The summed E-state index contributed by atoms with van der Waals surface area (Å²) >= 11 is 0. The topological polar surface area (TPSA) is 83.8 Å². The fourth-order valence-electron chi connectivity index (χ4n) is 3.00. The van der Waals surface area contributed by atoms with Crippen LogP contribution in [-0.4, -0.2) is 21.1 Å². The Morgan fingerprint density at radius 2 is 1.86 bits per heavy atom. The smallest absolute Gasteiger partial charge is 0.249 e. The Labute approximate surface area is 163 Å². The number of hydrogen-bond donors (Lipinski definition) is 2. The van der Waals surface area contributed by atoms with Gasteiger partial charge in [-0.1, -0.05) is 63.2 Å². The van der Waals surface area contributed by atoms with Crippen LogP contribution in [0.4, 0.5) is 5.95 Å². The number of para-hydroxylation sites is 1. The lowest BCUT2D eigenvalue weighted by Gasteiger charge is -2.19. The normalized spacial score (nSPS) is 11.7. The molecule has 28 heavy (non-hydrogen) atoms. The first-order chi connectivity index (χ1) is 13.4. The van der Waals surface area contributed by atoms with E-state index in [1.54, 1.807) is 0 Å². The minimum Gasteiger partial charge on any atom is -0.453 e. The Morgan fingerprint density at radius 1 is 1.11 bits per heavy atom. The van der Waals surface area contributed by atoms with E-state index in [2.05, 4.69) is 53.4 Å². The van der Waals surface area contributed by atoms with Crippen molar-refractivity contribution in [3.8, 4) is 11.6 Å². The highest BCUT2D eigenvalue weighted by Gasteiger charge is 2.15. The fourth-order valence-corrected chi connectivity index (χ4v) is 3.00. The minimum absolute atomic E-state index is 0.0901. The molecule has 0 bridgehead atoms. The van der Waals surface area contributed by atoms with Gasteiger partial charge in [0.2, 0.25) is 11.9 Å². The maximum atomic E-state index is 12.3. The fraction of sp³-hybridized carbons (Fsp3) is 0.227. The Bertz CT molecular complexity index is 1080. The number of H-pyrrole nitrogens is 1. The number of aromatic amines is 1. The molecule has 6 nitrogen and oxygen atoms in total. The van der Waals surface area contributed by atoms with Crippen LogP contribution in [-0.2, 0) is 16.6 Å². The highest BCUT2D eigenvalue weighted by atomic mass is 16.3. The third kappa shape index (κ3) is 3.81. The van der Waals surface area contributed by atoms with Gasteiger partial charge in [-0.3, -0.25) is 15.2 Å². The van der Waals surface area contributed by atoms with E-state index in [9.17, 15) is 4.79 Å². The molecule has 0 aliphatic rings. The molecule has 4 rings (SSSR count). The third-order valence-electron chi connectivity index (χ3n) is 4.58. The van der Waals surface area contributed by atoms with Gasteiger partial charge in [-0.15, -0.1) is 5.10 Å². The molecule has 2 N–H and O–H groups in total. The molecule has 0 aliphatic heterocycles. The van der Waals surface area contributed by atoms with E-state index in [4.69, 9.17) is 4.42 Å². The van der Waals surface area contributed by atoms with Crippen molar-refractivity contribution >= 4 is 22.8 Å². The van der Waals surface area contributed by atoms with E-state index in [1.807, 2.05) is 42.5 Å². The van der Waals surface area contributed by atoms with Crippen molar-refractivity contribution < 1.29 is 9.21 Å². The summed E-state index contributed by atoms with van der Waals surface area (Å²) < 4.78 is 5.76. The van der Waals surface area contributed by atoms with Gasteiger partial charge < -0.3 is 4.42 Å². The van der Waals surface area contributed by atoms with E-state index in [1.165, 1.54) is 5.56 Å². The molecule has 0 atom stereocenters. The zero-order chi connectivity index (χ0) is 19.7. The number of nitrogens with one attached hydrogen (secondary N) is 2. The Hall–Kier alpha value is -3.41. The van der Waals surface area contributed by atoms with E-state index in [0.717, 1.165) is 16.5 Å². The molecule has 0 aliphatic carbocycles. The average Bonchev–Trinajstić information content (AvgIpc) is 3.27. The van der Waals surface area contributed by atoms with Gasteiger partial charge in [-0.25, -0.2) is 0 Å². The number of carbonyl (C=O) groups excluding carboxylic acids is 1.